The highest BCUT2D eigenvalue weighted by Crippen LogP contribution is 2.06. The number of rotatable bonds is 4. The van der Waals surface area contributed by atoms with Gasteiger partial charge in [-0.3, -0.25) is 4.79 Å². The van der Waals surface area contributed by atoms with Crippen molar-refractivity contribution in [2.75, 3.05) is 20.8 Å². The van der Waals surface area contributed by atoms with Crippen LogP contribution in [-0.2, 0) is 19.1 Å². The van der Waals surface area contributed by atoms with E-state index in [0.717, 1.165) is 17.4 Å². The van der Waals surface area contributed by atoms with Crippen LogP contribution in [0.15, 0.2) is 66.2 Å². The van der Waals surface area contributed by atoms with Gasteiger partial charge in [-0.05, 0) is 11.6 Å². The van der Waals surface area contributed by atoms with E-state index in [4.69, 9.17) is 11.8 Å². The third kappa shape index (κ3) is 11.9. The van der Waals surface area contributed by atoms with Crippen LogP contribution in [0.5, 0.6) is 0 Å². The molecule has 2 aromatic rings. The van der Waals surface area contributed by atoms with Crippen LogP contribution in [0.3, 0.4) is 0 Å². The maximum atomic E-state index is 11.0. The van der Waals surface area contributed by atoms with Crippen molar-refractivity contribution in [2.45, 2.75) is 0 Å². The summed E-state index contributed by atoms with van der Waals surface area (Å²) < 4.78 is 8.58. The minimum atomic E-state index is -0.614. The zero-order valence-corrected chi connectivity index (χ0v) is 16.1. The van der Waals surface area contributed by atoms with Crippen molar-refractivity contribution < 1.29 is 23.9 Å². The monoisotopic (exact) mass is 392 g/mol. The molecule has 0 atom stereocenters. The van der Waals surface area contributed by atoms with Crippen LogP contribution in [0, 0.1) is 17.9 Å². The van der Waals surface area contributed by atoms with Gasteiger partial charge in [-0.25, -0.2) is 16.2 Å². The van der Waals surface area contributed by atoms with Crippen LogP contribution < -0.4 is 0 Å². The number of esters is 2. The molecule has 0 aliphatic carbocycles. The summed E-state index contributed by atoms with van der Waals surface area (Å²) in [7, 11) is 2.51. The topological polar surface area (TPSA) is 97.8 Å². The van der Waals surface area contributed by atoms with Gasteiger partial charge in [0.05, 0.1) is 14.2 Å². The summed E-state index contributed by atoms with van der Waals surface area (Å²) >= 11 is 0. The van der Waals surface area contributed by atoms with E-state index in [0.29, 0.717) is 0 Å². The van der Waals surface area contributed by atoms with Crippen molar-refractivity contribution in [2.24, 2.45) is 0 Å². The first kappa shape index (κ1) is 24.8. The molecule has 0 heterocycles. The van der Waals surface area contributed by atoms with Crippen LogP contribution >= 0.6 is 0 Å². The van der Waals surface area contributed by atoms with Gasteiger partial charge in [0.1, 0.15) is 17.9 Å². The second-order valence-corrected chi connectivity index (χ2v) is 4.99. The standard InChI is InChI=1S/C11H9NO2.C7H6O.C4H5NO2/c1-14-11(13)10(8-12)7-9-5-3-2-4-6-9;8-6-7-4-2-1-3-5-7;1-5-3-4(6)7-2/h2-7H,1H3;1-6H;3H2,2H3/b10-7-;;. The van der Waals surface area contributed by atoms with Gasteiger partial charge >= 0.3 is 18.5 Å². The quantitative estimate of drug-likeness (QED) is 0.260. The van der Waals surface area contributed by atoms with E-state index in [1.807, 2.05) is 36.4 Å². The van der Waals surface area contributed by atoms with Gasteiger partial charge in [0.25, 0.3) is 0 Å². The molecule has 0 aliphatic rings. The molecule has 0 saturated heterocycles. The van der Waals surface area contributed by atoms with Crippen LogP contribution in [0.1, 0.15) is 15.9 Å². The predicted molar refractivity (Wildman–Crippen MR) is 107 cm³/mol. The molecule has 0 aliphatic heterocycles. The van der Waals surface area contributed by atoms with Crippen LogP contribution in [0.2, 0.25) is 0 Å². The molecule has 2 rings (SSSR count). The lowest BCUT2D eigenvalue weighted by molar-refractivity contribution is -0.138. The number of hydrogen-bond acceptors (Lipinski definition) is 6. The molecule has 0 bridgehead atoms. The SMILES string of the molecule is COC(=O)/C(C#N)=C\c1ccccc1.O=Cc1ccccc1.[C-]#[N+]CC(=O)OC. The Kier molecular flexibility index (Phi) is 13.6. The number of nitrogens with zero attached hydrogens (tertiary/aromatic N) is 2. The summed E-state index contributed by atoms with van der Waals surface area (Å²) in [5.41, 5.74) is 1.53. The summed E-state index contributed by atoms with van der Waals surface area (Å²) in [6, 6.07) is 20.0. The third-order valence-corrected chi connectivity index (χ3v) is 3.01. The number of carbonyl (C=O) groups is 3. The molecule has 0 spiro atoms. The maximum absolute atomic E-state index is 11.0. The normalized spacial score (nSPS) is 9.03. The van der Waals surface area contributed by atoms with E-state index in [9.17, 15) is 14.4 Å². The molecule has 0 unspecified atom stereocenters. The van der Waals surface area contributed by atoms with Crippen LogP contribution in [0.25, 0.3) is 10.9 Å². The lowest BCUT2D eigenvalue weighted by Gasteiger charge is -1.96. The van der Waals surface area contributed by atoms with E-state index >= 15 is 0 Å². The molecule has 7 nitrogen and oxygen atoms in total. The lowest BCUT2D eigenvalue weighted by atomic mass is 10.1. The fraction of sp³-hybridized carbons (Fsp3) is 0.136. The van der Waals surface area contributed by atoms with Gasteiger partial charge in [-0.1, -0.05) is 60.7 Å². The van der Waals surface area contributed by atoms with Crippen LogP contribution in [0.4, 0.5) is 0 Å². The Labute approximate surface area is 169 Å². The van der Waals surface area contributed by atoms with E-state index in [2.05, 4.69) is 14.3 Å². The Balaban J connectivity index is 0.000000444. The molecule has 0 amide bonds. The fourth-order valence-electron chi connectivity index (χ4n) is 1.62. The van der Waals surface area contributed by atoms with Crippen molar-refractivity contribution in [3.8, 4) is 6.07 Å². The minimum absolute atomic E-state index is 0.00120. The lowest BCUT2D eigenvalue weighted by Crippen LogP contribution is -2.02. The zero-order valence-electron chi connectivity index (χ0n) is 16.1. The van der Waals surface area contributed by atoms with E-state index < -0.39 is 11.9 Å². The molecule has 0 saturated carbocycles. The van der Waals surface area contributed by atoms with Crippen molar-refractivity contribution in [1.29, 1.82) is 5.26 Å². The zero-order chi connectivity index (χ0) is 21.9. The molecule has 29 heavy (non-hydrogen) atoms. The predicted octanol–water partition coefficient (Wildman–Crippen LogP) is 3.34. The summed E-state index contributed by atoms with van der Waals surface area (Å²) in [6.07, 6.45) is 2.33. The number of benzene rings is 2. The van der Waals surface area contributed by atoms with Gasteiger partial charge in [-0.2, -0.15) is 5.26 Å². The number of nitriles is 1. The molecule has 0 fully saturated rings. The highest BCUT2D eigenvalue weighted by Gasteiger charge is 2.07. The number of ether oxygens (including phenoxy) is 2. The largest absolute Gasteiger partial charge is 0.465 e. The second kappa shape index (κ2) is 16.0. The van der Waals surface area contributed by atoms with Gasteiger partial charge in [0, 0.05) is 5.56 Å². The van der Waals surface area contributed by atoms with E-state index in [1.54, 1.807) is 30.3 Å². The van der Waals surface area contributed by atoms with Gasteiger partial charge in [-0.15, -0.1) is 0 Å². The molecule has 7 heteroatoms. The molecule has 0 aromatic heterocycles. The molecule has 0 radical (unpaired) electrons. The van der Waals surface area contributed by atoms with Gasteiger partial charge in [0.15, 0.2) is 0 Å². The van der Waals surface area contributed by atoms with Crippen LogP contribution in [-0.4, -0.2) is 39.0 Å². The van der Waals surface area contributed by atoms with E-state index in [1.165, 1.54) is 20.3 Å². The summed E-state index contributed by atoms with van der Waals surface area (Å²) in [5, 5.41) is 8.67. The Morgan fingerprint density at radius 3 is 1.83 bits per heavy atom. The molecular weight excluding hydrogens is 372 g/mol. The van der Waals surface area contributed by atoms with Gasteiger partial charge in [0.2, 0.25) is 0 Å². The summed E-state index contributed by atoms with van der Waals surface area (Å²) in [5.74, 6) is -1.09. The van der Waals surface area contributed by atoms with Crippen molar-refractivity contribution in [1.82, 2.24) is 0 Å². The highest BCUT2D eigenvalue weighted by atomic mass is 16.5. The number of methoxy groups -OCH3 is 2. The Morgan fingerprint density at radius 1 is 1.00 bits per heavy atom. The highest BCUT2D eigenvalue weighted by molar-refractivity contribution is 5.97. The Morgan fingerprint density at radius 2 is 1.52 bits per heavy atom. The summed E-state index contributed by atoms with van der Waals surface area (Å²) in [4.78, 5) is 33.8. The minimum Gasteiger partial charge on any atom is -0.465 e. The molecule has 0 N–H and O–H groups in total. The molecular formula is C22H20N2O5. The first-order valence-corrected chi connectivity index (χ1v) is 8.17. The number of aldehydes is 1. The third-order valence-electron chi connectivity index (χ3n) is 3.01. The van der Waals surface area contributed by atoms with Crippen molar-refractivity contribution >= 4 is 24.3 Å². The average Bonchev–Trinajstić information content (AvgIpc) is 2.79. The maximum Gasteiger partial charge on any atom is 0.386 e. The van der Waals surface area contributed by atoms with Gasteiger partial charge < -0.3 is 14.3 Å². The smallest absolute Gasteiger partial charge is 0.386 e. The van der Waals surface area contributed by atoms with Crippen molar-refractivity contribution in [3.05, 3.63) is 88.8 Å². The Bertz CT molecular complexity index is 879. The Hall–Kier alpha value is -4.23. The van der Waals surface area contributed by atoms with Crippen molar-refractivity contribution in [3.63, 3.8) is 0 Å². The number of hydrogen-bond donors (Lipinski definition) is 0. The average molecular weight is 392 g/mol. The van der Waals surface area contributed by atoms with E-state index in [-0.39, 0.29) is 12.1 Å². The molecule has 148 valence electrons. The first-order chi connectivity index (χ1) is 14.0. The molecule has 2 aromatic carbocycles. The second-order valence-electron chi connectivity index (χ2n) is 4.99. The summed E-state index contributed by atoms with van der Waals surface area (Å²) in [6.45, 7) is 5.99. The fourth-order valence-corrected chi connectivity index (χ4v) is 1.62. The number of carbonyl (C=O) groups excluding carboxylic acids is 3. The first-order valence-electron chi connectivity index (χ1n) is 8.17.